The summed E-state index contributed by atoms with van der Waals surface area (Å²) in [4.78, 5) is 23.8. The molecule has 0 aliphatic carbocycles. The Balaban J connectivity index is 2.22. The highest BCUT2D eigenvalue weighted by molar-refractivity contribution is 7.99. The first-order valence-electron chi connectivity index (χ1n) is 6.34. The molecule has 20 heavy (non-hydrogen) atoms. The molecule has 1 aromatic rings. The van der Waals surface area contributed by atoms with Gasteiger partial charge in [0.2, 0.25) is 0 Å². The number of halogens is 1. The highest BCUT2D eigenvalue weighted by Crippen LogP contribution is 2.28. The zero-order chi connectivity index (χ0) is 14.8. The molecular weight excluding hydrogens is 298 g/mol. The van der Waals surface area contributed by atoms with Crippen molar-refractivity contribution >= 4 is 35.2 Å². The lowest BCUT2D eigenvalue weighted by Gasteiger charge is -2.33. The third kappa shape index (κ3) is 3.27. The number of aliphatic carboxylic acids is 1. The average molecular weight is 314 g/mol. The Labute approximate surface area is 126 Å². The Morgan fingerprint density at radius 3 is 2.50 bits per heavy atom. The van der Waals surface area contributed by atoms with Gasteiger partial charge in [-0.15, -0.1) is 0 Å². The maximum atomic E-state index is 12.3. The second kappa shape index (κ2) is 6.06. The van der Waals surface area contributed by atoms with Gasteiger partial charge in [0.05, 0.1) is 0 Å². The number of hydrogen-bond acceptors (Lipinski definition) is 3. The molecule has 1 aromatic carbocycles. The molecule has 4 nitrogen and oxygen atoms in total. The quantitative estimate of drug-likeness (QED) is 0.900. The SMILES string of the molecule is Cc1cc(Cl)cc(C(=O)NC2(C(=O)O)CCSCC2)c1. The van der Waals surface area contributed by atoms with Gasteiger partial charge in [-0.3, -0.25) is 4.79 Å². The predicted octanol–water partition coefficient (Wildman–Crippen LogP) is 2.73. The molecule has 1 aliphatic heterocycles. The summed E-state index contributed by atoms with van der Waals surface area (Å²) in [7, 11) is 0. The van der Waals surface area contributed by atoms with Gasteiger partial charge in [-0.05, 0) is 55.0 Å². The minimum Gasteiger partial charge on any atom is -0.480 e. The van der Waals surface area contributed by atoms with Gasteiger partial charge in [0.1, 0.15) is 5.54 Å². The lowest BCUT2D eigenvalue weighted by Crippen LogP contribution is -2.56. The molecule has 1 fully saturated rings. The topological polar surface area (TPSA) is 66.4 Å². The second-order valence-corrected chi connectivity index (χ2v) is 6.63. The molecule has 0 aromatic heterocycles. The number of nitrogens with one attached hydrogen (secondary N) is 1. The number of rotatable bonds is 3. The van der Waals surface area contributed by atoms with Crippen LogP contribution < -0.4 is 5.32 Å². The molecule has 1 amide bonds. The first kappa shape index (κ1) is 15.2. The zero-order valence-electron chi connectivity index (χ0n) is 11.1. The summed E-state index contributed by atoms with van der Waals surface area (Å²) < 4.78 is 0. The highest BCUT2D eigenvalue weighted by Gasteiger charge is 2.41. The lowest BCUT2D eigenvalue weighted by molar-refractivity contribution is -0.144. The normalized spacial score (nSPS) is 17.5. The van der Waals surface area contributed by atoms with E-state index >= 15 is 0 Å². The summed E-state index contributed by atoms with van der Waals surface area (Å²) in [6.45, 7) is 1.84. The number of thioether (sulfide) groups is 1. The molecule has 1 heterocycles. The van der Waals surface area contributed by atoms with Crippen molar-refractivity contribution in [2.45, 2.75) is 25.3 Å². The number of carboxylic acid groups (broad SMARTS) is 1. The van der Waals surface area contributed by atoms with Crippen LogP contribution in [-0.4, -0.2) is 34.0 Å². The van der Waals surface area contributed by atoms with Gasteiger partial charge >= 0.3 is 5.97 Å². The summed E-state index contributed by atoms with van der Waals surface area (Å²) in [6, 6.07) is 5.01. The van der Waals surface area contributed by atoms with Gasteiger partial charge in [0.25, 0.3) is 5.91 Å². The van der Waals surface area contributed by atoms with Crippen LogP contribution in [0.1, 0.15) is 28.8 Å². The van der Waals surface area contributed by atoms with E-state index in [1.165, 1.54) is 0 Å². The van der Waals surface area contributed by atoms with Crippen molar-refractivity contribution < 1.29 is 14.7 Å². The number of carbonyl (C=O) groups is 2. The molecule has 2 rings (SSSR count). The highest BCUT2D eigenvalue weighted by atomic mass is 35.5. The minimum absolute atomic E-state index is 0.384. The molecule has 0 atom stereocenters. The molecule has 108 valence electrons. The maximum absolute atomic E-state index is 12.3. The van der Waals surface area contributed by atoms with Gasteiger partial charge in [0, 0.05) is 10.6 Å². The fraction of sp³-hybridized carbons (Fsp3) is 0.429. The van der Waals surface area contributed by atoms with E-state index in [1.54, 1.807) is 30.0 Å². The third-order valence-electron chi connectivity index (χ3n) is 3.41. The average Bonchev–Trinajstić information content (AvgIpc) is 2.38. The minimum atomic E-state index is -1.15. The molecule has 0 radical (unpaired) electrons. The number of hydrogen-bond donors (Lipinski definition) is 2. The number of carboxylic acids is 1. The molecule has 0 spiro atoms. The number of benzene rings is 1. The van der Waals surface area contributed by atoms with Gasteiger partial charge in [-0.1, -0.05) is 11.6 Å². The summed E-state index contributed by atoms with van der Waals surface area (Å²) in [6.07, 6.45) is 0.885. The van der Waals surface area contributed by atoms with Crippen molar-refractivity contribution in [2.75, 3.05) is 11.5 Å². The monoisotopic (exact) mass is 313 g/mol. The predicted molar refractivity (Wildman–Crippen MR) is 80.6 cm³/mol. The Kier molecular flexibility index (Phi) is 4.60. The second-order valence-electron chi connectivity index (χ2n) is 4.97. The lowest BCUT2D eigenvalue weighted by atomic mass is 9.91. The summed E-state index contributed by atoms with van der Waals surface area (Å²) in [5.41, 5.74) is 0.110. The largest absolute Gasteiger partial charge is 0.480 e. The number of aryl methyl sites for hydroxylation is 1. The molecule has 0 bridgehead atoms. The molecule has 6 heteroatoms. The van der Waals surface area contributed by atoms with Crippen molar-refractivity contribution in [1.29, 1.82) is 0 Å². The van der Waals surface area contributed by atoms with Crippen molar-refractivity contribution in [3.63, 3.8) is 0 Å². The zero-order valence-corrected chi connectivity index (χ0v) is 12.7. The van der Waals surface area contributed by atoms with Gasteiger partial charge in [-0.25, -0.2) is 4.79 Å². The molecule has 0 unspecified atom stereocenters. The molecule has 1 saturated heterocycles. The Hall–Kier alpha value is -1.20. The Morgan fingerprint density at radius 2 is 1.95 bits per heavy atom. The van der Waals surface area contributed by atoms with E-state index in [-0.39, 0.29) is 5.91 Å². The van der Waals surface area contributed by atoms with E-state index in [4.69, 9.17) is 11.6 Å². The summed E-state index contributed by atoms with van der Waals surface area (Å²) in [5.74, 6) is 0.122. The van der Waals surface area contributed by atoms with Gasteiger partial charge in [0.15, 0.2) is 0 Å². The van der Waals surface area contributed by atoms with Crippen LogP contribution in [0, 0.1) is 6.92 Å². The summed E-state index contributed by atoms with van der Waals surface area (Å²) in [5, 5.41) is 12.6. The van der Waals surface area contributed by atoms with Crippen molar-refractivity contribution in [3.05, 3.63) is 34.3 Å². The number of amides is 1. The smallest absolute Gasteiger partial charge is 0.329 e. The van der Waals surface area contributed by atoms with Crippen LogP contribution in [0.3, 0.4) is 0 Å². The van der Waals surface area contributed by atoms with Crippen LogP contribution in [0.2, 0.25) is 5.02 Å². The number of carbonyl (C=O) groups excluding carboxylic acids is 1. The van der Waals surface area contributed by atoms with Gasteiger partial charge in [-0.2, -0.15) is 11.8 Å². The fourth-order valence-corrected chi connectivity index (χ4v) is 3.75. The molecular formula is C14H16ClNO3S. The molecule has 1 aliphatic rings. The fourth-order valence-electron chi connectivity index (χ4n) is 2.27. The maximum Gasteiger partial charge on any atom is 0.329 e. The van der Waals surface area contributed by atoms with Gasteiger partial charge < -0.3 is 10.4 Å². The van der Waals surface area contributed by atoms with Crippen LogP contribution in [-0.2, 0) is 4.79 Å². The van der Waals surface area contributed by atoms with E-state index in [9.17, 15) is 14.7 Å². The Morgan fingerprint density at radius 1 is 1.30 bits per heavy atom. The van der Waals surface area contributed by atoms with Crippen molar-refractivity contribution in [1.82, 2.24) is 5.32 Å². The van der Waals surface area contributed by atoms with Crippen LogP contribution in [0.4, 0.5) is 0 Å². The van der Waals surface area contributed by atoms with E-state index in [0.717, 1.165) is 17.1 Å². The van der Waals surface area contributed by atoms with E-state index in [2.05, 4.69) is 5.32 Å². The molecule has 2 N–H and O–H groups in total. The first-order chi connectivity index (χ1) is 9.43. The standard InChI is InChI=1S/C14H16ClNO3S/c1-9-6-10(8-11(15)7-9)12(17)16-14(13(18)19)2-4-20-5-3-14/h6-8H,2-5H2,1H3,(H,16,17)(H,18,19). The molecule has 0 saturated carbocycles. The summed E-state index contributed by atoms with van der Waals surface area (Å²) >= 11 is 7.64. The first-order valence-corrected chi connectivity index (χ1v) is 7.87. The van der Waals surface area contributed by atoms with Crippen molar-refractivity contribution in [2.24, 2.45) is 0 Å². The van der Waals surface area contributed by atoms with E-state index in [0.29, 0.717) is 23.4 Å². The van der Waals surface area contributed by atoms with E-state index < -0.39 is 11.5 Å². The van der Waals surface area contributed by atoms with Crippen LogP contribution >= 0.6 is 23.4 Å². The van der Waals surface area contributed by atoms with Crippen LogP contribution in [0.15, 0.2) is 18.2 Å². The third-order valence-corrected chi connectivity index (χ3v) is 4.62. The van der Waals surface area contributed by atoms with Crippen LogP contribution in [0.25, 0.3) is 0 Å². The van der Waals surface area contributed by atoms with Crippen LogP contribution in [0.5, 0.6) is 0 Å². The Bertz CT molecular complexity index is 521. The van der Waals surface area contributed by atoms with E-state index in [1.807, 2.05) is 6.92 Å². The van der Waals surface area contributed by atoms with Crippen molar-refractivity contribution in [3.8, 4) is 0 Å².